The van der Waals surface area contributed by atoms with Crippen molar-refractivity contribution >= 4 is 17.5 Å². The number of H-pyrrole nitrogens is 1. The van der Waals surface area contributed by atoms with Crippen LogP contribution in [0, 0.1) is 5.82 Å². The van der Waals surface area contributed by atoms with E-state index in [0.717, 1.165) is 17.0 Å². The van der Waals surface area contributed by atoms with Gasteiger partial charge in [-0.05, 0) is 29.5 Å². The van der Waals surface area contributed by atoms with Gasteiger partial charge in [0.2, 0.25) is 5.91 Å². The normalized spacial score (nSPS) is 11.3. The summed E-state index contributed by atoms with van der Waals surface area (Å²) in [6.45, 7) is 8.51. The van der Waals surface area contributed by atoms with Crippen molar-refractivity contribution in [2.45, 2.75) is 52.5 Å². The number of aromatic nitrogens is 2. The van der Waals surface area contributed by atoms with Gasteiger partial charge in [-0.3, -0.25) is 9.89 Å². The van der Waals surface area contributed by atoms with Gasteiger partial charge in [0.15, 0.2) is 0 Å². The smallest absolute Gasteiger partial charge is 0.224 e. The summed E-state index contributed by atoms with van der Waals surface area (Å²) in [7, 11) is 0. The average Bonchev–Trinajstić information content (AvgIpc) is 2.90. The summed E-state index contributed by atoms with van der Waals surface area (Å²) in [5.74, 6) is -0.000322. The van der Waals surface area contributed by atoms with E-state index >= 15 is 0 Å². The number of hydrogen-bond acceptors (Lipinski definition) is 2. The molecule has 2 rings (SSSR count). The second-order valence-corrected chi connectivity index (χ2v) is 6.91. The van der Waals surface area contributed by atoms with Crippen LogP contribution in [0.4, 0.5) is 4.39 Å². The molecule has 0 saturated heterocycles. The molecule has 0 saturated carbocycles. The molecular formula is C18H23ClFN3O. The van der Waals surface area contributed by atoms with E-state index in [-0.39, 0.29) is 30.7 Å². The molecule has 0 aliphatic heterocycles. The molecular weight excluding hydrogens is 329 g/mol. The van der Waals surface area contributed by atoms with Gasteiger partial charge in [-0.15, -0.1) is 0 Å². The van der Waals surface area contributed by atoms with E-state index in [4.69, 9.17) is 11.6 Å². The first kappa shape index (κ1) is 18.5. The van der Waals surface area contributed by atoms with Crippen LogP contribution in [0.5, 0.6) is 0 Å². The summed E-state index contributed by atoms with van der Waals surface area (Å²) in [4.78, 5) is 12.3. The van der Waals surface area contributed by atoms with Crippen LogP contribution in [0.1, 0.15) is 62.0 Å². The fraction of sp³-hybridized carbons (Fsp3) is 0.444. The highest BCUT2D eigenvalue weighted by Gasteiger charge is 2.20. The maximum absolute atomic E-state index is 13.1. The van der Waals surface area contributed by atoms with E-state index < -0.39 is 5.82 Å². The zero-order chi connectivity index (χ0) is 17.9. The van der Waals surface area contributed by atoms with E-state index in [1.807, 2.05) is 0 Å². The first-order chi connectivity index (χ1) is 11.3. The fourth-order valence-electron chi connectivity index (χ4n) is 2.62. The van der Waals surface area contributed by atoms with Gasteiger partial charge in [0.25, 0.3) is 0 Å². The Hall–Kier alpha value is -1.88. The van der Waals surface area contributed by atoms with Crippen LogP contribution in [0.15, 0.2) is 18.2 Å². The van der Waals surface area contributed by atoms with Crippen molar-refractivity contribution in [2.75, 3.05) is 0 Å². The van der Waals surface area contributed by atoms with E-state index in [1.54, 1.807) is 6.07 Å². The Morgan fingerprint density at radius 3 is 2.58 bits per heavy atom. The Bertz CT molecular complexity index is 700. The van der Waals surface area contributed by atoms with E-state index in [2.05, 4.69) is 43.2 Å². The fourth-order valence-corrected chi connectivity index (χ4v) is 2.85. The van der Waals surface area contributed by atoms with Gasteiger partial charge in [-0.2, -0.15) is 5.10 Å². The number of nitrogens with one attached hydrogen (secondary N) is 2. The first-order valence-corrected chi connectivity index (χ1v) is 8.45. The largest absolute Gasteiger partial charge is 0.352 e. The van der Waals surface area contributed by atoms with Crippen molar-refractivity contribution in [3.8, 4) is 0 Å². The molecule has 130 valence electrons. The number of amides is 1. The molecule has 2 N–H and O–H groups in total. The number of hydrogen-bond donors (Lipinski definition) is 2. The van der Waals surface area contributed by atoms with Crippen LogP contribution < -0.4 is 5.32 Å². The quantitative estimate of drug-likeness (QED) is 0.814. The number of nitrogens with zero attached hydrogens (tertiary/aromatic N) is 1. The highest BCUT2D eigenvalue weighted by atomic mass is 35.5. The highest BCUT2D eigenvalue weighted by molar-refractivity contribution is 6.31. The standard InChI is InChI=1S/C18H23ClFN3O/c1-10(2)17-14(18(11(3)4)23-22-17)8-16(24)21-9-12-5-6-13(20)7-15(12)19/h5-7,10-11H,8-9H2,1-4H3,(H,21,24)(H,22,23). The molecule has 1 aromatic carbocycles. The molecule has 0 aliphatic rings. The SMILES string of the molecule is CC(C)c1n[nH]c(C(C)C)c1CC(=O)NCc1ccc(F)cc1Cl. The summed E-state index contributed by atoms with van der Waals surface area (Å²) >= 11 is 5.98. The third-order valence-electron chi connectivity index (χ3n) is 3.88. The molecule has 0 spiro atoms. The van der Waals surface area contributed by atoms with Gasteiger partial charge >= 0.3 is 0 Å². The van der Waals surface area contributed by atoms with Crippen LogP contribution >= 0.6 is 11.6 Å². The van der Waals surface area contributed by atoms with Crippen LogP contribution in [0.2, 0.25) is 5.02 Å². The number of rotatable bonds is 6. The van der Waals surface area contributed by atoms with Crippen molar-refractivity contribution in [2.24, 2.45) is 0 Å². The summed E-state index contributed by atoms with van der Waals surface area (Å²) in [6.07, 6.45) is 0.260. The lowest BCUT2D eigenvalue weighted by Crippen LogP contribution is -2.25. The summed E-state index contributed by atoms with van der Waals surface area (Å²) in [5, 5.41) is 10.6. The zero-order valence-electron chi connectivity index (χ0n) is 14.4. The monoisotopic (exact) mass is 351 g/mol. The lowest BCUT2D eigenvalue weighted by Gasteiger charge is -2.11. The molecule has 4 nitrogen and oxygen atoms in total. The maximum atomic E-state index is 13.1. The van der Waals surface area contributed by atoms with Gasteiger partial charge in [-0.25, -0.2) is 4.39 Å². The molecule has 24 heavy (non-hydrogen) atoms. The molecule has 1 aromatic heterocycles. The maximum Gasteiger partial charge on any atom is 0.224 e. The Balaban J connectivity index is 2.08. The molecule has 0 bridgehead atoms. The van der Waals surface area contributed by atoms with Crippen molar-refractivity contribution in [1.82, 2.24) is 15.5 Å². The molecule has 1 heterocycles. The summed E-state index contributed by atoms with van der Waals surface area (Å²) < 4.78 is 13.1. The predicted molar refractivity (Wildman–Crippen MR) is 93.7 cm³/mol. The minimum atomic E-state index is -0.392. The van der Waals surface area contributed by atoms with Gasteiger partial charge in [0, 0.05) is 22.8 Å². The van der Waals surface area contributed by atoms with Crippen LogP contribution in [-0.2, 0) is 17.8 Å². The minimum Gasteiger partial charge on any atom is -0.352 e. The number of benzene rings is 1. The van der Waals surface area contributed by atoms with Crippen molar-refractivity contribution in [3.63, 3.8) is 0 Å². The van der Waals surface area contributed by atoms with Crippen molar-refractivity contribution < 1.29 is 9.18 Å². The van der Waals surface area contributed by atoms with Crippen LogP contribution in [0.25, 0.3) is 0 Å². The van der Waals surface area contributed by atoms with E-state index in [9.17, 15) is 9.18 Å². The Morgan fingerprint density at radius 1 is 1.29 bits per heavy atom. The third kappa shape index (κ3) is 4.35. The number of carbonyl (C=O) groups is 1. The van der Waals surface area contributed by atoms with Crippen LogP contribution in [0.3, 0.4) is 0 Å². The topological polar surface area (TPSA) is 57.8 Å². The van der Waals surface area contributed by atoms with Gasteiger partial charge < -0.3 is 5.32 Å². The Morgan fingerprint density at radius 2 is 2.00 bits per heavy atom. The number of halogens is 2. The molecule has 0 atom stereocenters. The summed E-state index contributed by atoms with van der Waals surface area (Å²) in [5.41, 5.74) is 3.57. The lowest BCUT2D eigenvalue weighted by atomic mass is 9.96. The number of aromatic amines is 1. The molecule has 0 aliphatic carbocycles. The highest BCUT2D eigenvalue weighted by Crippen LogP contribution is 2.25. The first-order valence-electron chi connectivity index (χ1n) is 8.07. The molecule has 0 unspecified atom stereocenters. The van der Waals surface area contributed by atoms with Crippen molar-refractivity contribution in [3.05, 3.63) is 51.6 Å². The Kier molecular flexibility index (Phi) is 5.99. The molecule has 0 radical (unpaired) electrons. The van der Waals surface area contributed by atoms with E-state index in [0.29, 0.717) is 10.6 Å². The van der Waals surface area contributed by atoms with Gasteiger partial charge in [0.1, 0.15) is 5.82 Å². The van der Waals surface area contributed by atoms with Gasteiger partial charge in [-0.1, -0.05) is 45.4 Å². The zero-order valence-corrected chi connectivity index (χ0v) is 15.2. The van der Waals surface area contributed by atoms with Gasteiger partial charge in [0.05, 0.1) is 12.1 Å². The minimum absolute atomic E-state index is 0.111. The molecule has 1 amide bonds. The third-order valence-corrected chi connectivity index (χ3v) is 4.24. The van der Waals surface area contributed by atoms with E-state index in [1.165, 1.54) is 12.1 Å². The average molecular weight is 352 g/mol. The van der Waals surface area contributed by atoms with Crippen molar-refractivity contribution in [1.29, 1.82) is 0 Å². The summed E-state index contributed by atoms with van der Waals surface area (Å²) in [6, 6.07) is 4.15. The molecule has 6 heteroatoms. The second-order valence-electron chi connectivity index (χ2n) is 6.50. The Labute approximate surface area is 146 Å². The molecule has 0 fully saturated rings. The lowest BCUT2D eigenvalue weighted by molar-refractivity contribution is -0.120. The predicted octanol–water partition coefficient (Wildman–Crippen LogP) is 4.31. The van der Waals surface area contributed by atoms with Crippen LogP contribution in [-0.4, -0.2) is 16.1 Å². The second kappa shape index (κ2) is 7.79. The molecule has 2 aromatic rings. The number of carbonyl (C=O) groups excluding carboxylic acids is 1.